The molecule has 1 unspecified atom stereocenters. The number of nitriles is 1. The Bertz CT molecular complexity index is 371. The van der Waals surface area contributed by atoms with E-state index < -0.39 is 6.10 Å². The molecule has 1 aromatic rings. The van der Waals surface area contributed by atoms with Crippen molar-refractivity contribution in [2.24, 2.45) is 0 Å². The zero-order valence-corrected chi connectivity index (χ0v) is 8.99. The van der Waals surface area contributed by atoms with Gasteiger partial charge in [-0.15, -0.1) is 0 Å². The van der Waals surface area contributed by atoms with Gasteiger partial charge in [0.15, 0.2) is 0 Å². The first-order valence-corrected chi connectivity index (χ1v) is 4.96. The van der Waals surface area contributed by atoms with Gasteiger partial charge in [0, 0.05) is 12.7 Å². The smallest absolute Gasteiger partial charge is 0.144 e. The summed E-state index contributed by atoms with van der Waals surface area (Å²) in [5.41, 5.74) is 1.43. The molecule has 2 N–H and O–H groups in total. The van der Waals surface area contributed by atoms with E-state index in [1.54, 1.807) is 12.3 Å². The Morgan fingerprint density at radius 2 is 2.40 bits per heavy atom. The summed E-state index contributed by atoms with van der Waals surface area (Å²) in [5.74, 6) is 0.546. The lowest BCUT2D eigenvalue weighted by atomic mass is 10.1. The van der Waals surface area contributed by atoms with Crippen LogP contribution in [0.5, 0.6) is 0 Å². The molecule has 0 saturated heterocycles. The fourth-order valence-corrected chi connectivity index (χ4v) is 1.19. The molecule has 0 spiro atoms. The molecule has 0 aliphatic heterocycles. The Balaban J connectivity index is 2.77. The highest BCUT2D eigenvalue weighted by atomic mass is 16.3. The van der Waals surface area contributed by atoms with Gasteiger partial charge >= 0.3 is 0 Å². The maximum absolute atomic E-state index is 9.38. The SMILES string of the molecule is CCC(O)CNc1nccc(C)c1C#N. The second-order valence-corrected chi connectivity index (χ2v) is 3.41. The van der Waals surface area contributed by atoms with Crippen molar-refractivity contribution < 1.29 is 5.11 Å². The van der Waals surface area contributed by atoms with Crippen LogP contribution in [0.25, 0.3) is 0 Å². The van der Waals surface area contributed by atoms with E-state index in [-0.39, 0.29) is 0 Å². The van der Waals surface area contributed by atoms with Gasteiger partial charge in [-0.1, -0.05) is 6.92 Å². The molecule has 15 heavy (non-hydrogen) atoms. The van der Waals surface area contributed by atoms with E-state index in [4.69, 9.17) is 5.26 Å². The Kier molecular flexibility index (Phi) is 4.07. The molecule has 0 amide bonds. The van der Waals surface area contributed by atoms with Crippen LogP contribution in [-0.2, 0) is 0 Å². The highest BCUT2D eigenvalue weighted by molar-refractivity contribution is 5.55. The summed E-state index contributed by atoms with van der Waals surface area (Å²) < 4.78 is 0. The molecule has 1 rings (SSSR count). The molecular weight excluding hydrogens is 190 g/mol. The van der Waals surface area contributed by atoms with Gasteiger partial charge in [-0.05, 0) is 25.0 Å². The van der Waals surface area contributed by atoms with Gasteiger partial charge in [0.1, 0.15) is 11.9 Å². The summed E-state index contributed by atoms with van der Waals surface area (Å²) in [6.07, 6.45) is 1.93. The lowest BCUT2D eigenvalue weighted by Crippen LogP contribution is -2.19. The number of anilines is 1. The van der Waals surface area contributed by atoms with Crippen molar-refractivity contribution in [1.29, 1.82) is 5.26 Å². The molecule has 0 saturated carbocycles. The summed E-state index contributed by atoms with van der Waals surface area (Å²) in [7, 11) is 0. The second-order valence-electron chi connectivity index (χ2n) is 3.41. The van der Waals surface area contributed by atoms with Gasteiger partial charge in [-0.3, -0.25) is 0 Å². The average Bonchev–Trinajstić information content (AvgIpc) is 2.25. The highest BCUT2D eigenvalue weighted by Gasteiger charge is 2.07. The van der Waals surface area contributed by atoms with E-state index in [9.17, 15) is 5.11 Å². The van der Waals surface area contributed by atoms with E-state index in [1.807, 2.05) is 13.8 Å². The molecule has 1 heterocycles. The maximum atomic E-state index is 9.38. The summed E-state index contributed by atoms with van der Waals surface area (Å²) >= 11 is 0. The van der Waals surface area contributed by atoms with E-state index in [1.165, 1.54) is 0 Å². The summed E-state index contributed by atoms with van der Waals surface area (Å²) in [6, 6.07) is 3.89. The van der Waals surface area contributed by atoms with Crippen molar-refractivity contribution in [2.75, 3.05) is 11.9 Å². The number of aryl methyl sites for hydroxylation is 1. The Hall–Kier alpha value is -1.60. The van der Waals surface area contributed by atoms with Crippen LogP contribution in [-0.4, -0.2) is 22.7 Å². The van der Waals surface area contributed by atoms with Crippen LogP contribution in [0.1, 0.15) is 24.5 Å². The normalized spacial score (nSPS) is 11.9. The molecule has 0 aliphatic rings. The largest absolute Gasteiger partial charge is 0.391 e. The van der Waals surface area contributed by atoms with Crippen LogP contribution < -0.4 is 5.32 Å². The first-order valence-electron chi connectivity index (χ1n) is 4.96. The lowest BCUT2D eigenvalue weighted by molar-refractivity contribution is 0.183. The molecule has 1 aromatic heterocycles. The van der Waals surface area contributed by atoms with Crippen LogP contribution in [0.3, 0.4) is 0 Å². The Morgan fingerprint density at radius 1 is 1.67 bits per heavy atom. The van der Waals surface area contributed by atoms with Gasteiger partial charge in [0.2, 0.25) is 0 Å². The van der Waals surface area contributed by atoms with Gasteiger partial charge in [0.25, 0.3) is 0 Å². The van der Waals surface area contributed by atoms with Crippen molar-refractivity contribution in [2.45, 2.75) is 26.4 Å². The second kappa shape index (κ2) is 5.32. The van der Waals surface area contributed by atoms with Crippen molar-refractivity contribution in [3.8, 4) is 6.07 Å². The van der Waals surface area contributed by atoms with E-state index in [2.05, 4.69) is 16.4 Å². The third-order valence-electron chi connectivity index (χ3n) is 2.25. The summed E-state index contributed by atoms with van der Waals surface area (Å²) in [5, 5.41) is 21.3. The molecule has 0 aromatic carbocycles. The molecule has 80 valence electrons. The van der Waals surface area contributed by atoms with Crippen LogP contribution in [0, 0.1) is 18.3 Å². The Morgan fingerprint density at radius 3 is 3.00 bits per heavy atom. The molecule has 0 bridgehead atoms. The molecule has 0 radical (unpaired) electrons. The molecule has 4 heteroatoms. The monoisotopic (exact) mass is 205 g/mol. The van der Waals surface area contributed by atoms with E-state index >= 15 is 0 Å². The number of nitrogens with zero attached hydrogens (tertiary/aromatic N) is 2. The quantitative estimate of drug-likeness (QED) is 0.780. The number of pyridine rings is 1. The third-order valence-corrected chi connectivity index (χ3v) is 2.25. The van der Waals surface area contributed by atoms with Crippen molar-refractivity contribution in [3.63, 3.8) is 0 Å². The third kappa shape index (κ3) is 2.93. The molecule has 0 aliphatic carbocycles. The molecule has 0 fully saturated rings. The number of hydrogen-bond acceptors (Lipinski definition) is 4. The Labute approximate surface area is 89.6 Å². The number of nitrogens with one attached hydrogen (secondary N) is 1. The van der Waals surface area contributed by atoms with Crippen molar-refractivity contribution >= 4 is 5.82 Å². The van der Waals surface area contributed by atoms with Crippen LogP contribution in [0.4, 0.5) is 5.82 Å². The van der Waals surface area contributed by atoms with Gasteiger partial charge in [0.05, 0.1) is 11.7 Å². The van der Waals surface area contributed by atoms with Gasteiger partial charge in [-0.2, -0.15) is 5.26 Å². The number of hydrogen-bond donors (Lipinski definition) is 2. The average molecular weight is 205 g/mol. The van der Waals surface area contributed by atoms with E-state index in [0.717, 1.165) is 5.56 Å². The minimum atomic E-state index is -0.404. The summed E-state index contributed by atoms with van der Waals surface area (Å²) in [4.78, 5) is 4.07. The highest BCUT2D eigenvalue weighted by Crippen LogP contribution is 2.14. The summed E-state index contributed by atoms with van der Waals surface area (Å²) in [6.45, 7) is 4.19. The predicted octanol–water partition coefficient (Wildman–Crippen LogP) is 1.44. The number of aliphatic hydroxyl groups is 1. The van der Waals surface area contributed by atoms with Crippen molar-refractivity contribution in [3.05, 3.63) is 23.4 Å². The molecular formula is C11H15N3O. The predicted molar refractivity (Wildman–Crippen MR) is 58.5 cm³/mol. The van der Waals surface area contributed by atoms with E-state index in [0.29, 0.717) is 24.3 Å². The lowest BCUT2D eigenvalue weighted by Gasteiger charge is -2.11. The van der Waals surface area contributed by atoms with Gasteiger partial charge < -0.3 is 10.4 Å². The number of aliphatic hydroxyl groups excluding tert-OH is 1. The minimum Gasteiger partial charge on any atom is -0.391 e. The maximum Gasteiger partial charge on any atom is 0.144 e. The number of aromatic nitrogens is 1. The standard InChI is InChI=1S/C11H15N3O/c1-3-9(15)7-14-11-10(6-12)8(2)4-5-13-11/h4-5,9,15H,3,7H2,1-2H3,(H,13,14). The van der Waals surface area contributed by atoms with Crippen LogP contribution in [0.2, 0.25) is 0 Å². The fourth-order valence-electron chi connectivity index (χ4n) is 1.19. The molecule has 4 nitrogen and oxygen atoms in total. The minimum absolute atomic E-state index is 0.404. The van der Waals surface area contributed by atoms with Crippen molar-refractivity contribution in [1.82, 2.24) is 4.98 Å². The van der Waals surface area contributed by atoms with Gasteiger partial charge in [-0.25, -0.2) is 4.98 Å². The van der Waals surface area contributed by atoms with Crippen LogP contribution in [0.15, 0.2) is 12.3 Å². The number of rotatable bonds is 4. The zero-order valence-electron chi connectivity index (χ0n) is 8.99. The van der Waals surface area contributed by atoms with Crippen LogP contribution >= 0.6 is 0 Å². The molecule has 1 atom stereocenters. The zero-order chi connectivity index (χ0) is 11.3. The topological polar surface area (TPSA) is 68.9 Å². The first-order chi connectivity index (χ1) is 7.19. The fraction of sp³-hybridized carbons (Fsp3) is 0.455. The first kappa shape index (κ1) is 11.5.